The van der Waals surface area contributed by atoms with Gasteiger partial charge in [0.2, 0.25) is 0 Å². The number of piperidine rings is 1. The summed E-state index contributed by atoms with van der Waals surface area (Å²) in [4.78, 5) is 38.5. The lowest BCUT2D eigenvalue weighted by atomic mass is 10.1. The number of amides is 1. The van der Waals surface area contributed by atoms with E-state index in [4.69, 9.17) is 0 Å². The zero-order valence-corrected chi connectivity index (χ0v) is 17.0. The number of carbonyl (C=O) groups is 1. The van der Waals surface area contributed by atoms with Gasteiger partial charge < -0.3 is 15.5 Å². The molecular weight excluding hydrogens is 378 g/mol. The van der Waals surface area contributed by atoms with E-state index in [1.54, 1.807) is 12.1 Å². The minimum atomic E-state index is -0.440. The second kappa shape index (κ2) is 8.53. The molecule has 0 saturated carbocycles. The van der Waals surface area contributed by atoms with Gasteiger partial charge in [0.05, 0.1) is 0 Å². The van der Waals surface area contributed by atoms with Crippen LogP contribution in [0.15, 0.2) is 58.1 Å². The van der Waals surface area contributed by atoms with E-state index in [-0.39, 0.29) is 11.3 Å². The molecule has 4 rings (SSSR count). The fourth-order valence-electron chi connectivity index (χ4n) is 3.85. The van der Waals surface area contributed by atoms with Gasteiger partial charge in [-0.15, -0.1) is 0 Å². The standard InChI is InChI=1S/C24H25N3O3/c1-16-6-5-7-19(14-16)26-24(30)18-10-8-17(9-11-18)15-25-20-21(23(29)22(20)28)27-12-3-2-4-13-27/h5-11,14,25H,2-4,12-13,15H2,1H3,(H,26,30). The Morgan fingerprint density at radius 1 is 0.967 bits per heavy atom. The van der Waals surface area contributed by atoms with Gasteiger partial charge in [-0.3, -0.25) is 14.4 Å². The van der Waals surface area contributed by atoms with Gasteiger partial charge in [0.1, 0.15) is 11.4 Å². The lowest BCUT2D eigenvalue weighted by Gasteiger charge is -2.30. The van der Waals surface area contributed by atoms with Crippen molar-refractivity contribution >= 4 is 23.0 Å². The van der Waals surface area contributed by atoms with Gasteiger partial charge in [-0.05, 0) is 61.6 Å². The van der Waals surface area contributed by atoms with Gasteiger partial charge in [0, 0.05) is 30.9 Å². The molecular formula is C24H25N3O3. The Bertz CT molecular complexity index is 1120. The number of benzene rings is 2. The molecule has 154 valence electrons. The highest BCUT2D eigenvalue weighted by Crippen LogP contribution is 2.24. The lowest BCUT2D eigenvalue weighted by Crippen LogP contribution is -2.44. The number of anilines is 3. The number of rotatable bonds is 6. The predicted octanol–water partition coefficient (Wildman–Crippen LogP) is 3.45. The molecule has 6 nitrogen and oxygen atoms in total. The predicted molar refractivity (Wildman–Crippen MR) is 120 cm³/mol. The van der Waals surface area contributed by atoms with Crippen LogP contribution in [0.4, 0.5) is 17.1 Å². The Hall–Kier alpha value is -3.41. The highest BCUT2D eigenvalue weighted by atomic mass is 16.2. The molecule has 3 aromatic rings. The van der Waals surface area contributed by atoms with Crippen molar-refractivity contribution in [2.24, 2.45) is 0 Å². The Kier molecular flexibility index (Phi) is 5.65. The van der Waals surface area contributed by atoms with E-state index in [1.807, 2.05) is 48.2 Å². The molecule has 1 aliphatic rings. The van der Waals surface area contributed by atoms with Gasteiger partial charge in [-0.2, -0.15) is 0 Å². The average molecular weight is 403 g/mol. The molecule has 3 aromatic carbocycles. The molecule has 1 fully saturated rings. The van der Waals surface area contributed by atoms with Gasteiger partial charge in [0.25, 0.3) is 16.8 Å². The summed E-state index contributed by atoms with van der Waals surface area (Å²) in [6.07, 6.45) is 3.26. The first-order chi connectivity index (χ1) is 14.5. The van der Waals surface area contributed by atoms with Gasteiger partial charge in [-0.25, -0.2) is 0 Å². The molecule has 2 N–H and O–H groups in total. The molecule has 1 amide bonds. The summed E-state index contributed by atoms with van der Waals surface area (Å²) < 4.78 is 0. The number of aryl methyl sites for hydroxylation is 1. The van der Waals surface area contributed by atoms with E-state index in [0.29, 0.717) is 23.5 Å². The van der Waals surface area contributed by atoms with Crippen molar-refractivity contribution in [3.05, 3.63) is 85.7 Å². The van der Waals surface area contributed by atoms with Crippen molar-refractivity contribution in [3.8, 4) is 0 Å². The number of hydrogen-bond acceptors (Lipinski definition) is 5. The van der Waals surface area contributed by atoms with Crippen LogP contribution >= 0.6 is 0 Å². The van der Waals surface area contributed by atoms with E-state index >= 15 is 0 Å². The number of nitrogens with zero attached hydrogens (tertiary/aromatic N) is 1. The van der Waals surface area contributed by atoms with E-state index in [1.165, 1.54) is 6.42 Å². The zero-order chi connectivity index (χ0) is 21.1. The zero-order valence-electron chi connectivity index (χ0n) is 17.0. The molecule has 30 heavy (non-hydrogen) atoms. The second-order valence-corrected chi connectivity index (χ2v) is 7.80. The van der Waals surface area contributed by atoms with Crippen molar-refractivity contribution in [2.45, 2.75) is 32.7 Å². The van der Waals surface area contributed by atoms with Crippen molar-refractivity contribution < 1.29 is 4.79 Å². The highest BCUT2D eigenvalue weighted by molar-refractivity contribution is 6.04. The van der Waals surface area contributed by atoms with Crippen molar-refractivity contribution in [3.63, 3.8) is 0 Å². The van der Waals surface area contributed by atoms with Crippen molar-refractivity contribution in [2.75, 3.05) is 28.6 Å². The summed E-state index contributed by atoms with van der Waals surface area (Å²) in [5.74, 6) is -0.171. The van der Waals surface area contributed by atoms with E-state index in [2.05, 4.69) is 10.6 Å². The minimum absolute atomic E-state index is 0.171. The van der Waals surface area contributed by atoms with Crippen LogP contribution in [0.3, 0.4) is 0 Å². The Labute approximate surface area is 175 Å². The summed E-state index contributed by atoms with van der Waals surface area (Å²) in [6.45, 7) is 4.05. The van der Waals surface area contributed by atoms with Crippen LogP contribution in [-0.4, -0.2) is 19.0 Å². The summed E-state index contributed by atoms with van der Waals surface area (Å²) in [6, 6.07) is 14.9. The Morgan fingerprint density at radius 2 is 1.70 bits per heavy atom. The molecule has 0 unspecified atom stereocenters. The highest BCUT2D eigenvalue weighted by Gasteiger charge is 2.26. The molecule has 6 heteroatoms. The Balaban J connectivity index is 1.39. The molecule has 0 aromatic heterocycles. The molecule has 1 aliphatic heterocycles. The maximum atomic E-state index is 12.4. The van der Waals surface area contributed by atoms with Crippen LogP contribution < -0.4 is 26.4 Å². The van der Waals surface area contributed by atoms with Crippen molar-refractivity contribution in [1.29, 1.82) is 0 Å². The smallest absolute Gasteiger partial charge is 0.255 e. The summed E-state index contributed by atoms with van der Waals surface area (Å²) in [7, 11) is 0. The fourth-order valence-corrected chi connectivity index (χ4v) is 3.85. The first-order valence-electron chi connectivity index (χ1n) is 10.3. The normalized spacial score (nSPS) is 14.0. The Morgan fingerprint density at radius 3 is 2.40 bits per heavy atom. The monoisotopic (exact) mass is 403 g/mol. The molecule has 0 atom stereocenters. The lowest BCUT2D eigenvalue weighted by molar-refractivity contribution is 0.102. The van der Waals surface area contributed by atoms with Crippen molar-refractivity contribution in [1.82, 2.24) is 0 Å². The van der Waals surface area contributed by atoms with Gasteiger partial charge in [-0.1, -0.05) is 24.3 Å². The summed E-state index contributed by atoms with van der Waals surface area (Å²) in [5.41, 5.74) is 3.46. The maximum Gasteiger partial charge on any atom is 0.255 e. The third-order valence-corrected chi connectivity index (χ3v) is 5.52. The number of carbonyl (C=O) groups excluding carboxylic acids is 1. The van der Waals surface area contributed by atoms with Gasteiger partial charge >= 0.3 is 0 Å². The van der Waals surface area contributed by atoms with Crippen LogP contribution in [0.25, 0.3) is 0 Å². The van der Waals surface area contributed by atoms with Crippen LogP contribution in [0.1, 0.15) is 40.7 Å². The molecule has 0 bridgehead atoms. The first kappa shape index (κ1) is 19.9. The largest absolute Gasteiger partial charge is 0.376 e. The van der Waals surface area contributed by atoms with Gasteiger partial charge in [0.15, 0.2) is 0 Å². The molecule has 0 radical (unpaired) electrons. The van der Waals surface area contributed by atoms with Crippen LogP contribution in [0.2, 0.25) is 0 Å². The van der Waals surface area contributed by atoms with E-state index in [9.17, 15) is 14.4 Å². The van der Waals surface area contributed by atoms with Crippen LogP contribution in [0, 0.1) is 6.92 Å². The van der Waals surface area contributed by atoms with E-state index in [0.717, 1.165) is 42.7 Å². The molecule has 1 heterocycles. The quantitative estimate of drug-likeness (QED) is 0.617. The second-order valence-electron chi connectivity index (χ2n) is 7.80. The molecule has 0 aliphatic carbocycles. The molecule has 1 saturated heterocycles. The minimum Gasteiger partial charge on any atom is -0.376 e. The first-order valence-corrected chi connectivity index (χ1v) is 10.3. The van der Waals surface area contributed by atoms with Crippen LogP contribution in [-0.2, 0) is 6.54 Å². The number of hydrogen-bond donors (Lipinski definition) is 2. The van der Waals surface area contributed by atoms with E-state index < -0.39 is 5.43 Å². The third kappa shape index (κ3) is 4.13. The summed E-state index contributed by atoms with van der Waals surface area (Å²) >= 11 is 0. The SMILES string of the molecule is Cc1cccc(NC(=O)c2ccc(CNc3c(N4CCCCC4)c(=O)c3=O)cc2)c1. The number of nitrogens with one attached hydrogen (secondary N) is 2. The topological polar surface area (TPSA) is 78.5 Å². The maximum absolute atomic E-state index is 12.4. The average Bonchev–Trinajstić information content (AvgIpc) is 2.77. The van der Waals surface area contributed by atoms with Crippen LogP contribution in [0.5, 0.6) is 0 Å². The summed E-state index contributed by atoms with van der Waals surface area (Å²) in [5, 5.41) is 6.01. The molecule has 0 spiro atoms. The third-order valence-electron chi connectivity index (χ3n) is 5.52. The fraction of sp³-hybridized carbons (Fsp3) is 0.292.